The second kappa shape index (κ2) is 10.3. The zero-order valence-corrected chi connectivity index (χ0v) is 14.3. The standard InChI is InChI=1S/C15H20N2O6S/c1-20-13(18)5-7-22-10-3-4-12(11(9-10)17-15(16)24)23-8-6-14(19)21-2/h3-4,9H,5-8H2,1-2H3,(H3,16,17,24). The molecule has 0 fully saturated rings. The van der Waals surface area contributed by atoms with E-state index in [1.54, 1.807) is 18.2 Å². The lowest BCUT2D eigenvalue weighted by molar-refractivity contribution is -0.142. The summed E-state index contributed by atoms with van der Waals surface area (Å²) < 4.78 is 20.1. The summed E-state index contributed by atoms with van der Waals surface area (Å²) in [6.07, 6.45) is 0.242. The molecule has 0 aliphatic heterocycles. The highest BCUT2D eigenvalue weighted by Gasteiger charge is 2.09. The molecule has 132 valence electrons. The zero-order valence-electron chi connectivity index (χ0n) is 13.5. The molecular weight excluding hydrogens is 336 g/mol. The summed E-state index contributed by atoms with van der Waals surface area (Å²) >= 11 is 4.83. The lowest BCUT2D eigenvalue weighted by Gasteiger charge is -2.14. The summed E-state index contributed by atoms with van der Waals surface area (Å²) in [5.41, 5.74) is 5.98. The third kappa shape index (κ3) is 7.14. The van der Waals surface area contributed by atoms with Crippen molar-refractivity contribution in [3.05, 3.63) is 18.2 Å². The first kappa shape index (κ1) is 19.5. The van der Waals surface area contributed by atoms with Crippen molar-refractivity contribution in [3.8, 4) is 11.5 Å². The molecule has 0 bridgehead atoms. The molecule has 0 aliphatic carbocycles. The summed E-state index contributed by atoms with van der Waals surface area (Å²) in [5.74, 6) is 0.214. The third-order valence-corrected chi connectivity index (χ3v) is 2.90. The van der Waals surface area contributed by atoms with Gasteiger partial charge in [-0.3, -0.25) is 9.59 Å². The average Bonchev–Trinajstić information content (AvgIpc) is 2.55. The Hall–Kier alpha value is -2.55. The predicted octanol–water partition coefficient (Wildman–Crippen LogP) is 1.23. The van der Waals surface area contributed by atoms with Crippen LogP contribution in [-0.4, -0.2) is 44.5 Å². The van der Waals surface area contributed by atoms with Gasteiger partial charge in [0.2, 0.25) is 0 Å². The molecule has 0 unspecified atom stereocenters. The van der Waals surface area contributed by atoms with E-state index in [2.05, 4.69) is 14.8 Å². The summed E-state index contributed by atoms with van der Waals surface area (Å²) in [7, 11) is 2.62. The van der Waals surface area contributed by atoms with Gasteiger partial charge in [-0.15, -0.1) is 0 Å². The first-order valence-corrected chi connectivity index (χ1v) is 7.46. The van der Waals surface area contributed by atoms with E-state index in [9.17, 15) is 9.59 Å². The number of hydrogen-bond donors (Lipinski definition) is 2. The van der Waals surface area contributed by atoms with Crippen molar-refractivity contribution in [1.29, 1.82) is 0 Å². The Morgan fingerprint density at radius 1 is 1.08 bits per heavy atom. The van der Waals surface area contributed by atoms with Crippen molar-refractivity contribution in [2.45, 2.75) is 12.8 Å². The fourth-order valence-electron chi connectivity index (χ4n) is 1.66. The van der Waals surface area contributed by atoms with Crippen LogP contribution in [0, 0.1) is 0 Å². The Bertz CT molecular complexity index is 593. The number of thiocarbonyl (C=S) groups is 1. The number of nitrogens with two attached hydrogens (primary N) is 1. The lowest BCUT2D eigenvalue weighted by Crippen LogP contribution is -2.20. The van der Waals surface area contributed by atoms with Crippen LogP contribution >= 0.6 is 12.2 Å². The van der Waals surface area contributed by atoms with Gasteiger partial charge in [0.1, 0.15) is 11.5 Å². The Kier molecular flexibility index (Phi) is 8.34. The van der Waals surface area contributed by atoms with Crippen LogP contribution in [0.25, 0.3) is 0 Å². The summed E-state index contributed by atoms with van der Waals surface area (Å²) in [4.78, 5) is 22.2. The molecule has 0 spiro atoms. The third-order valence-electron chi connectivity index (χ3n) is 2.80. The molecular formula is C15H20N2O6S. The number of methoxy groups -OCH3 is 2. The van der Waals surface area contributed by atoms with E-state index < -0.39 is 0 Å². The Morgan fingerprint density at radius 3 is 2.21 bits per heavy atom. The predicted molar refractivity (Wildman–Crippen MR) is 91.1 cm³/mol. The van der Waals surface area contributed by atoms with E-state index in [1.165, 1.54) is 14.2 Å². The summed E-state index contributed by atoms with van der Waals surface area (Å²) in [6, 6.07) is 4.94. The largest absolute Gasteiger partial charge is 0.493 e. The van der Waals surface area contributed by atoms with Crippen LogP contribution < -0.4 is 20.5 Å². The molecule has 9 heteroatoms. The molecule has 0 aliphatic rings. The van der Waals surface area contributed by atoms with Crippen molar-refractivity contribution in [3.63, 3.8) is 0 Å². The van der Waals surface area contributed by atoms with Crippen LogP contribution in [0.4, 0.5) is 5.69 Å². The lowest BCUT2D eigenvalue weighted by atomic mass is 10.2. The fraction of sp³-hybridized carbons (Fsp3) is 0.400. The first-order valence-electron chi connectivity index (χ1n) is 7.06. The Morgan fingerprint density at radius 2 is 1.67 bits per heavy atom. The molecule has 8 nitrogen and oxygen atoms in total. The maximum absolute atomic E-state index is 11.1. The highest BCUT2D eigenvalue weighted by Crippen LogP contribution is 2.29. The zero-order chi connectivity index (χ0) is 17.9. The number of benzene rings is 1. The van der Waals surface area contributed by atoms with Crippen molar-refractivity contribution in [2.24, 2.45) is 5.73 Å². The van der Waals surface area contributed by atoms with Gasteiger partial charge in [-0.1, -0.05) is 0 Å². The van der Waals surface area contributed by atoms with E-state index >= 15 is 0 Å². The smallest absolute Gasteiger partial charge is 0.308 e. The quantitative estimate of drug-likeness (QED) is 0.498. The van der Waals surface area contributed by atoms with E-state index in [-0.39, 0.29) is 43.1 Å². The van der Waals surface area contributed by atoms with Crippen molar-refractivity contribution < 1.29 is 28.5 Å². The molecule has 0 saturated heterocycles. The summed E-state index contributed by atoms with van der Waals surface area (Å²) in [5, 5.41) is 2.83. The average molecular weight is 356 g/mol. The second-order valence-electron chi connectivity index (χ2n) is 4.50. The number of rotatable bonds is 9. The number of carbonyl (C=O) groups excluding carboxylic acids is 2. The highest BCUT2D eigenvalue weighted by atomic mass is 32.1. The Labute approximate surface area is 145 Å². The van der Waals surface area contributed by atoms with Crippen LogP contribution in [0.3, 0.4) is 0 Å². The minimum Gasteiger partial charge on any atom is -0.493 e. The van der Waals surface area contributed by atoms with Gasteiger partial charge in [-0.05, 0) is 24.4 Å². The molecule has 0 atom stereocenters. The first-order chi connectivity index (χ1) is 11.5. The number of nitrogens with one attached hydrogen (secondary N) is 1. The van der Waals surface area contributed by atoms with Crippen LogP contribution in [0.1, 0.15) is 12.8 Å². The SMILES string of the molecule is COC(=O)CCOc1ccc(OCCC(=O)OC)c(NC(N)=S)c1. The molecule has 0 radical (unpaired) electrons. The number of carbonyl (C=O) groups is 2. The molecule has 0 aromatic heterocycles. The van der Waals surface area contributed by atoms with Crippen LogP contribution in [0.15, 0.2) is 18.2 Å². The fourth-order valence-corrected chi connectivity index (χ4v) is 1.77. The van der Waals surface area contributed by atoms with Crippen LogP contribution in [-0.2, 0) is 19.1 Å². The minimum atomic E-state index is -0.374. The normalized spacial score (nSPS) is 9.75. The van der Waals surface area contributed by atoms with E-state index in [1.807, 2.05) is 0 Å². The van der Waals surface area contributed by atoms with Gasteiger partial charge in [0.05, 0.1) is 46.0 Å². The van der Waals surface area contributed by atoms with Gasteiger partial charge >= 0.3 is 11.9 Å². The van der Waals surface area contributed by atoms with Crippen LogP contribution in [0.5, 0.6) is 11.5 Å². The van der Waals surface area contributed by atoms with Gasteiger partial charge in [0.25, 0.3) is 0 Å². The number of hydrogen-bond acceptors (Lipinski definition) is 7. The van der Waals surface area contributed by atoms with Crippen molar-refractivity contribution in [2.75, 3.05) is 32.8 Å². The van der Waals surface area contributed by atoms with Crippen molar-refractivity contribution in [1.82, 2.24) is 0 Å². The maximum atomic E-state index is 11.1. The van der Waals surface area contributed by atoms with E-state index in [0.717, 1.165) is 0 Å². The molecule has 1 aromatic carbocycles. The van der Waals surface area contributed by atoms with Crippen molar-refractivity contribution >= 4 is 35.0 Å². The second-order valence-corrected chi connectivity index (χ2v) is 4.94. The molecule has 1 rings (SSSR count). The maximum Gasteiger partial charge on any atom is 0.308 e. The number of ether oxygens (including phenoxy) is 4. The summed E-state index contributed by atoms with van der Waals surface area (Å²) in [6.45, 7) is 0.308. The van der Waals surface area contributed by atoms with Gasteiger partial charge in [-0.25, -0.2) is 0 Å². The van der Waals surface area contributed by atoms with E-state index in [0.29, 0.717) is 17.2 Å². The highest BCUT2D eigenvalue weighted by molar-refractivity contribution is 7.80. The van der Waals surface area contributed by atoms with E-state index in [4.69, 9.17) is 27.4 Å². The molecule has 3 N–H and O–H groups in total. The molecule has 0 amide bonds. The monoisotopic (exact) mass is 356 g/mol. The molecule has 0 heterocycles. The van der Waals surface area contributed by atoms with Gasteiger partial charge in [0.15, 0.2) is 5.11 Å². The van der Waals surface area contributed by atoms with Gasteiger partial charge in [0, 0.05) is 6.07 Å². The minimum absolute atomic E-state index is 0.0551. The Balaban J connectivity index is 2.71. The number of esters is 2. The van der Waals surface area contributed by atoms with Gasteiger partial charge < -0.3 is 30.0 Å². The molecule has 1 aromatic rings. The molecule has 24 heavy (non-hydrogen) atoms. The van der Waals surface area contributed by atoms with Gasteiger partial charge in [-0.2, -0.15) is 0 Å². The van der Waals surface area contributed by atoms with Crippen LogP contribution in [0.2, 0.25) is 0 Å². The number of anilines is 1. The topological polar surface area (TPSA) is 109 Å². The molecule has 0 saturated carbocycles.